The predicted octanol–water partition coefficient (Wildman–Crippen LogP) is 4.29. The number of halogens is 1. The zero-order valence-electron chi connectivity index (χ0n) is 18.1. The molecule has 0 aliphatic carbocycles. The molecule has 5 N–H and O–H groups in total. The first-order valence-corrected chi connectivity index (χ1v) is 10.7. The quantitative estimate of drug-likeness (QED) is 0.334. The first-order chi connectivity index (χ1) is 15.5. The summed E-state index contributed by atoms with van der Waals surface area (Å²) in [6.07, 6.45) is 3.06. The molecule has 0 saturated heterocycles. The van der Waals surface area contributed by atoms with Gasteiger partial charge in [0, 0.05) is 23.7 Å². The Bertz CT molecular complexity index is 1080. The maximum atomic E-state index is 11.9. The smallest absolute Gasteiger partial charge is 0.319 e. The highest BCUT2D eigenvalue weighted by atomic mass is 35.5. The standard InChI is InChI=1S/C22H27ClN6O3/c1-3-8-25-22(30)29-17-6-5-14(10-16(17)23)28-21-15-11-19(31-2)20(32-9-4-7-24)12-18(15)26-13-27-21/h5-6,10-13H,3-4,7-9,24H2,1-2H3,(H2,25,29,30)(H,26,27,28). The number of carbonyl (C=O) groups is 1. The molecule has 170 valence electrons. The van der Waals surface area contributed by atoms with E-state index in [0.29, 0.717) is 58.9 Å². The van der Waals surface area contributed by atoms with Crippen LogP contribution in [0.4, 0.5) is 22.0 Å². The van der Waals surface area contributed by atoms with Gasteiger partial charge in [-0.15, -0.1) is 0 Å². The molecule has 0 unspecified atom stereocenters. The van der Waals surface area contributed by atoms with Gasteiger partial charge >= 0.3 is 6.03 Å². The molecule has 1 heterocycles. The Balaban J connectivity index is 1.82. The number of rotatable bonds is 10. The normalized spacial score (nSPS) is 10.6. The van der Waals surface area contributed by atoms with Crippen molar-refractivity contribution in [1.29, 1.82) is 0 Å². The summed E-state index contributed by atoms with van der Waals surface area (Å²) >= 11 is 6.36. The SMILES string of the molecule is CCCNC(=O)Nc1ccc(Nc2ncnc3cc(OCCCN)c(OC)cc23)cc1Cl. The van der Waals surface area contributed by atoms with E-state index in [1.807, 2.05) is 19.1 Å². The van der Waals surface area contributed by atoms with Gasteiger partial charge in [0.25, 0.3) is 0 Å². The molecule has 10 heteroatoms. The fourth-order valence-electron chi connectivity index (χ4n) is 2.94. The Labute approximate surface area is 191 Å². The molecule has 2 aromatic carbocycles. The van der Waals surface area contributed by atoms with Gasteiger partial charge in [0.05, 0.1) is 29.9 Å². The summed E-state index contributed by atoms with van der Waals surface area (Å²) in [5.41, 5.74) is 7.45. The zero-order valence-corrected chi connectivity index (χ0v) is 18.8. The Kier molecular flexibility index (Phi) is 8.29. The second-order valence-corrected chi connectivity index (χ2v) is 7.34. The Hall–Kier alpha value is -3.30. The molecule has 0 bridgehead atoms. The number of aromatic nitrogens is 2. The van der Waals surface area contributed by atoms with Crippen LogP contribution in [0.5, 0.6) is 11.5 Å². The summed E-state index contributed by atoms with van der Waals surface area (Å²) in [7, 11) is 1.58. The van der Waals surface area contributed by atoms with Crippen LogP contribution in [0.1, 0.15) is 19.8 Å². The maximum absolute atomic E-state index is 11.9. The van der Waals surface area contributed by atoms with Gasteiger partial charge in [-0.3, -0.25) is 0 Å². The number of amides is 2. The Morgan fingerprint density at radius 2 is 2.03 bits per heavy atom. The molecule has 0 aliphatic rings. The van der Waals surface area contributed by atoms with Gasteiger partial charge in [-0.2, -0.15) is 0 Å². The average Bonchev–Trinajstić information content (AvgIpc) is 2.79. The van der Waals surface area contributed by atoms with Crippen LogP contribution in [0.2, 0.25) is 5.02 Å². The van der Waals surface area contributed by atoms with Crippen LogP contribution in [0.15, 0.2) is 36.7 Å². The van der Waals surface area contributed by atoms with Crippen molar-refractivity contribution in [1.82, 2.24) is 15.3 Å². The number of fused-ring (bicyclic) bond motifs is 1. The number of ether oxygens (including phenoxy) is 2. The lowest BCUT2D eigenvalue weighted by molar-refractivity contribution is 0.252. The summed E-state index contributed by atoms with van der Waals surface area (Å²) in [6.45, 7) is 3.61. The maximum Gasteiger partial charge on any atom is 0.319 e. The van der Waals surface area contributed by atoms with Crippen molar-refractivity contribution in [2.45, 2.75) is 19.8 Å². The van der Waals surface area contributed by atoms with E-state index in [0.717, 1.165) is 18.2 Å². The fraction of sp³-hybridized carbons (Fsp3) is 0.318. The van der Waals surface area contributed by atoms with Crippen LogP contribution in [-0.2, 0) is 0 Å². The molecular weight excluding hydrogens is 432 g/mol. The third-order valence-electron chi connectivity index (χ3n) is 4.54. The largest absolute Gasteiger partial charge is 0.493 e. The molecule has 3 aromatic rings. The van der Waals surface area contributed by atoms with Gasteiger partial charge in [-0.1, -0.05) is 18.5 Å². The second-order valence-electron chi connectivity index (χ2n) is 6.93. The molecule has 9 nitrogen and oxygen atoms in total. The Morgan fingerprint density at radius 1 is 1.19 bits per heavy atom. The highest BCUT2D eigenvalue weighted by Gasteiger charge is 2.13. The van der Waals surface area contributed by atoms with Gasteiger partial charge < -0.3 is 31.2 Å². The average molecular weight is 459 g/mol. The fourth-order valence-corrected chi connectivity index (χ4v) is 3.17. The summed E-state index contributed by atoms with van der Waals surface area (Å²) < 4.78 is 11.3. The van der Waals surface area contributed by atoms with Crippen molar-refractivity contribution in [3.63, 3.8) is 0 Å². The van der Waals surface area contributed by atoms with Crippen LogP contribution in [0.25, 0.3) is 10.9 Å². The topological polar surface area (TPSA) is 123 Å². The highest BCUT2D eigenvalue weighted by molar-refractivity contribution is 6.34. The highest BCUT2D eigenvalue weighted by Crippen LogP contribution is 2.35. The first kappa shape index (κ1) is 23.4. The van der Waals surface area contributed by atoms with Crippen molar-refractivity contribution in [3.05, 3.63) is 41.7 Å². The van der Waals surface area contributed by atoms with E-state index in [-0.39, 0.29) is 6.03 Å². The molecule has 0 aliphatic heterocycles. The molecule has 1 aromatic heterocycles. The summed E-state index contributed by atoms with van der Waals surface area (Å²) in [5, 5.41) is 9.88. The van der Waals surface area contributed by atoms with Crippen LogP contribution < -0.4 is 31.2 Å². The van der Waals surface area contributed by atoms with Crippen LogP contribution in [0.3, 0.4) is 0 Å². The van der Waals surface area contributed by atoms with E-state index in [9.17, 15) is 4.79 Å². The van der Waals surface area contributed by atoms with Crippen LogP contribution in [-0.4, -0.2) is 42.8 Å². The number of nitrogens with zero attached hydrogens (tertiary/aromatic N) is 2. The van der Waals surface area contributed by atoms with E-state index < -0.39 is 0 Å². The molecule has 0 atom stereocenters. The number of nitrogens with one attached hydrogen (secondary N) is 3. The van der Waals surface area contributed by atoms with Crippen LogP contribution in [0, 0.1) is 0 Å². The summed E-state index contributed by atoms with van der Waals surface area (Å²) in [4.78, 5) is 20.6. The van der Waals surface area contributed by atoms with Gasteiger partial charge in [0.15, 0.2) is 11.5 Å². The monoisotopic (exact) mass is 458 g/mol. The molecule has 3 rings (SSSR count). The lowest BCUT2D eigenvalue weighted by Crippen LogP contribution is -2.29. The van der Waals surface area contributed by atoms with E-state index in [1.54, 1.807) is 25.3 Å². The van der Waals surface area contributed by atoms with Gasteiger partial charge in [-0.05, 0) is 43.7 Å². The predicted molar refractivity (Wildman–Crippen MR) is 127 cm³/mol. The first-order valence-electron chi connectivity index (χ1n) is 10.3. The van der Waals surface area contributed by atoms with E-state index >= 15 is 0 Å². The molecule has 0 spiro atoms. The van der Waals surface area contributed by atoms with Crippen molar-refractivity contribution >= 4 is 45.7 Å². The number of hydrogen-bond acceptors (Lipinski definition) is 7. The molecule has 32 heavy (non-hydrogen) atoms. The third-order valence-corrected chi connectivity index (χ3v) is 4.86. The van der Waals surface area contributed by atoms with E-state index in [1.165, 1.54) is 6.33 Å². The van der Waals surface area contributed by atoms with Gasteiger partial charge in [0.2, 0.25) is 0 Å². The Morgan fingerprint density at radius 3 is 2.75 bits per heavy atom. The molecule has 0 radical (unpaired) electrons. The summed E-state index contributed by atoms with van der Waals surface area (Å²) in [5.74, 6) is 1.75. The number of anilines is 3. The van der Waals surface area contributed by atoms with Gasteiger partial charge in [-0.25, -0.2) is 14.8 Å². The molecule has 0 fully saturated rings. The minimum absolute atomic E-state index is 0.298. The van der Waals surface area contributed by atoms with Crippen molar-refractivity contribution < 1.29 is 14.3 Å². The lowest BCUT2D eigenvalue weighted by Gasteiger charge is -2.14. The minimum atomic E-state index is -0.298. The van der Waals surface area contributed by atoms with E-state index in [2.05, 4.69) is 25.9 Å². The second kappa shape index (κ2) is 11.4. The zero-order chi connectivity index (χ0) is 22.9. The van der Waals surface area contributed by atoms with Crippen molar-refractivity contribution in [3.8, 4) is 11.5 Å². The number of hydrogen-bond donors (Lipinski definition) is 4. The number of nitrogens with two attached hydrogens (primary N) is 1. The van der Waals surface area contributed by atoms with E-state index in [4.69, 9.17) is 26.8 Å². The summed E-state index contributed by atoms with van der Waals surface area (Å²) in [6, 6.07) is 8.58. The van der Waals surface area contributed by atoms with Gasteiger partial charge in [0.1, 0.15) is 12.1 Å². The molecule has 2 amide bonds. The molecule has 0 saturated carbocycles. The van der Waals surface area contributed by atoms with Crippen LogP contribution >= 0.6 is 11.6 Å². The minimum Gasteiger partial charge on any atom is -0.493 e. The number of carbonyl (C=O) groups excluding carboxylic acids is 1. The number of benzene rings is 2. The third kappa shape index (κ3) is 5.89. The number of urea groups is 1. The van der Waals surface area contributed by atoms with Crippen molar-refractivity contribution in [2.75, 3.05) is 37.4 Å². The number of methoxy groups -OCH3 is 1. The molecular formula is C22H27ClN6O3. The lowest BCUT2D eigenvalue weighted by atomic mass is 10.2. The van der Waals surface area contributed by atoms with Crippen molar-refractivity contribution in [2.24, 2.45) is 5.73 Å².